The number of carbonyl (C=O) groups excluding carboxylic acids is 1. The number of hydrogen-bond donors (Lipinski definition) is 0. The van der Waals surface area contributed by atoms with E-state index >= 15 is 0 Å². The first-order valence-corrected chi connectivity index (χ1v) is 10.4. The van der Waals surface area contributed by atoms with Crippen LogP contribution in [0.1, 0.15) is 71.1 Å². The van der Waals surface area contributed by atoms with Crippen LogP contribution in [-0.4, -0.2) is 23.9 Å². The topological polar surface area (TPSA) is 20.3 Å². The first kappa shape index (κ1) is 22.2. The fourth-order valence-electron chi connectivity index (χ4n) is 2.86. The molecule has 0 bridgehead atoms. The van der Waals surface area contributed by atoms with E-state index in [1.165, 1.54) is 12.8 Å². The third-order valence-electron chi connectivity index (χ3n) is 4.38. The minimum Gasteiger partial charge on any atom is -0.343 e. The lowest BCUT2D eigenvalue weighted by Crippen LogP contribution is -2.27. The van der Waals surface area contributed by atoms with Crippen LogP contribution in [0.2, 0.25) is 0 Å². The third kappa shape index (κ3) is 12.5. The maximum Gasteiger partial charge on any atom is 0.222 e. The van der Waals surface area contributed by atoms with Crippen molar-refractivity contribution in [1.82, 2.24) is 4.90 Å². The number of amides is 1. The summed E-state index contributed by atoms with van der Waals surface area (Å²) in [5.41, 5.74) is 0. The predicted octanol–water partition coefficient (Wildman–Crippen LogP) is 6.53. The summed E-state index contributed by atoms with van der Waals surface area (Å²) in [4.78, 5) is 13.9. The Morgan fingerprint density at radius 2 is 1.19 bits per heavy atom. The molecule has 2 heteroatoms. The SMILES string of the molecule is CC/C=C\C/C=C\C/C=C\C/C=C\C/C=C\CCCC(=O)N1CCCC1. The summed E-state index contributed by atoms with van der Waals surface area (Å²) in [7, 11) is 0. The van der Waals surface area contributed by atoms with Crippen LogP contribution in [-0.2, 0) is 4.79 Å². The van der Waals surface area contributed by atoms with Gasteiger partial charge in [0, 0.05) is 19.5 Å². The molecular weight excluding hydrogens is 318 g/mol. The molecule has 0 atom stereocenters. The molecule has 26 heavy (non-hydrogen) atoms. The minimum absolute atomic E-state index is 0.342. The van der Waals surface area contributed by atoms with Crippen LogP contribution in [0, 0.1) is 0 Å². The first-order chi connectivity index (χ1) is 12.8. The van der Waals surface area contributed by atoms with E-state index in [4.69, 9.17) is 0 Å². The Morgan fingerprint density at radius 1 is 0.731 bits per heavy atom. The molecule has 0 unspecified atom stereocenters. The highest BCUT2D eigenvalue weighted by Crippen LogP contribution is 2.10. The van der Waals surface area contributed by atoms with Crippen molar-refractivity contribution in [2.75, 3.05) is 13.1 Å². The van der Waals surface area contributed by atoms with E-state index in [0.717, 1.165) is 58.0 Å². The largest absolute Gasteiger partial charge is 0.343 e. The van der Waals surface area contributed by atoms with Crippen molar-refractivity contribution in [3.05, 3.63) is 60.8 Å². The number of allylic oxidation sites excluding steroid dienone is 10. The third-order valence-corrected chi connectivity index (χ3v) is 4.38. The molecule has 0 N–H and O–H groups in total. The second-order valence-corrected chi connectivity index (χ2v) is 6.69. The highest BCUT2D eigenvalue weighted by molar-refractivity contribution is 5.76. The molecule has 0 saturated carbocycles. The summed E-state index contributed by atoms with van der Waals surface area (Å²) in [5.74, 6) is 0.342. The van der Waals surface area contributed by atoms with E-state index in [-0.39, 0.29) is 0 Å². The molecular formula is C24H37NO. The van der Waals surface area contributed by atoms with Gasteiger partial charge in [0.25, 0.3) is 0 Å². The van der Waals surface area contributed by atoms with Gasteiger partial charge in [-0.3, -0.25) is 4.79 Å². The fourth-order valence-corrected chi connectivity index (χ4v) is 2.86. The number of carbonyl (C=O) groups is 1. The number of hydrogen-bond acceptors (Lipinski definition) is 1. The molecule has 0 aromatic rings. The van der Waals surface area contributed by atoms with Gasteiger partial charge in [0.05, 0.1) is 0 Å². The Labute approximate surface area is 161 Å². The predicted molar refractivity (Wildman–Crippen MR) is 114 cm³/mol. The van der Waals surface area contributed by atoms with E-state index in [2.05, 4.69) is 67.7 Å². The van der Waals surface area contributed by atoms with Crippen LogP contribution in [0.4, 0.5) is 0 Å². The van der Waals surface area contributed by atoms with Crippen LogP contribution in [0.5, 0.6) is 0 Å². The van der Waals surface area contributed by atoms with Gasteiger partial charge in [-0.15, -0.1) is 0 Å². The molecule has 1 aliphatic rings. The van der Waals surface area contributed by atoms with Gasteiger partial charge in [-0.2, -0.15) is 0 Å². The number of unbranched alkanes of at least 4 members (excludes halogenated alkanes) is 1. The lowest BCUT2D eigenvalue weighted by Gasteiger charge is -2.14. The lowest BCUT2D eigenvalue weighted by molar-refractivity contribution is -0.130. The van der Waals surface area contributed by atoms with Crippen molar-refractivity contribution in [2.24, 2.45) is 0 Å². The molecule has 0 spiro atoms. The van der Waals surface area contributed by atoms with Crippen LogP contribution < -0.4 is 0 Å². The van der Waals surface area contributed by atoms with Crippen LogP contribution >= 0.6 is 0 Å². The molecule has 2 nitrogen and oxygen atoms in total. The molecule has 1 amide bonds. The monoisotopic (exact) mass is 355 g/mol. The summed E-state index contributed by atoms with van der Waals surface area (Å²) in [6.45, 7) is 4.10. The Kier molecular flexibility index (Phi) is 14.2. The van der Waals surface area contributed by atoms with Gasteiger partial charge in [-0.1, -0.05) is 67.7 Å². The van der Waals surface area contributed by atoms with E-state index in [9.17, 15) is 4.79 Å². The van der Waals surface area contributed by atoms with Gasteiger partial charge in [0.1, 0.15) is 0 Å². The molecule has 1 rings (SSSR count). The van der Waals surface area contributed by atoms with E-state index in [1.807, 2.05) is 4.90 Å². The van der Waals surface area contributed by atoms with E-state index in [1.54, 1.807) is 0 Å². The maximum atomic E-state index is 11.9. The lowest BCUT2D eigenvalue weighted by atomic mass is 10.2. The number of likely N-dealkylation sites (tertiary alicyclic amines) is 1. The molecule has 1 aliphatic heterocycles. The number of rotatable bonds is 13. The fraction of sp³-hybridized carbons (Fsp3) is 0.542. The molecule has 1 fully saturated rings. The van der Waals surface area contributed by atoms with Gasteiger partial charge in [0.2, 0.25) is 5.91 Å². The van der Waals surface area contributed by atoms with Crippen LogP contribution in [0.25, 0.3) is 0 Å². The van der Waals surface area contributed by atoms with Crippen LogP contribution in [0.15, 0.2) is 60.8 Å². The molecule has 0 aliphatic carbocycles. The highest BCUT2D eigenvalue weighted by atomic mass is 16.2. The first-order valence-electron chi connectivity index (χ1n) is 10.4. The van der Waals surface area contributed by atoms with Gasteiger partial charge < -0.3 is 4.90 Å². The Hall–Kier alpha value is -1.83. The van der Waals surface area contributed by atoms with Gasteiger partial charge in [-0.25, -0.2) is 0 Å². The molecule has 0 aromatic heterocycles. The zero-order valence-electron chi connectivity index (χ0n) is 16.6. The van der Waals surface area contributed by atoms with Crippen molar-refractivity contribution < 1.29 is 4.79 Å². The maximum absolute atomic E-state index is 11.9. The zero-order chi connectivity index (χ0) is 18.7. The molecule has 0 aromatic carbocycles. The van der Waals surface area contributed by atoms with Crippen molar-refractivity contribution in [1.29, 1.82) is 0 Å². The normalized spacial score (nSPS) is 15.8. The average molecular weight is 356 g/mol. The van der Waals surface area contributed by atoms with E-state index < -0.39 is 0 Å². The second-order valence-electron chi connectivity index (χ2n) is 6.69. The smallest absolute Gasteiger partial charge is 0.222 e. The molecule has 144 valence electrons. The second kappa shape index (κ2) is 16.6. The van der Waals surface area contributed by atoms with Crippen molar-refractivity contribution in [3.8, 4) is 0 Å². The molecule has 1 saturated heterocycles. The summed E-state index contributed by atoms with van der Waals surface area (Å²) >= 11 is 0. The van der Waals surface area contributed by atoms with Crippen molar-refractivity contribution in [3.63, 3.8) is 0 Å². The number of nitrogens with zero attached hydrogens (tertiary/aromatic N) is 1. The van der Waals surface area contributed by atoms with Crippen molar-refractivity contribution in [2.45, 2.75) is 71.1 Å². The van der Waals surface area contributed by atoms with Gasteiger partial charge in [-0.05, 0) is 57.8 Å². The Balaban J connectivity index is 1.93. The summed E-state index contributed by atoms with van der Waals surface area (Å²) in [6.07, 6.45) is 32.3. The Morgan fingerprint density at radius 3 is 1.69 bits per heavy atom. The molecule has 1 heterocycles. The van der Waals surface area contributed by atoms with Crippen molar-refractivity contribution >= 4 is 5.91 Å². The van der Waals surface area contributed by atoms with Gasteiger partial charge in [0.15, 0.2) is 0 Å². The Bertz CT molecular complexity index is 490. The highest BCUT2D eigenvalue weighted by Gasteiger charge is 2.16. The molecule has 0 radical (unpaired) electrons. The quantitative estimate of drug-likeness (QED) is 0.272. The zero-order valence-corrected chi connectivity index (χ0v) is 16.6. The summed E-state index contributed by atoms with van der Waals surface area (Å²) < 4.78 is 0. The van der Waals surface area contributed by atoms with E-state index in [0.29, 0.717) is 12.3 Å². The summed E-state index contributed by atoms with van der Waals surface area (Å²) in [5, 5.41) is 0. The standard InChI is InChI=1S/C24H37NO/c1-2-3-4-5-6-7-8-9-10-11-12-13-14-15-16-17-18-21-24(26)25-22-19-20-23-25/h3-4,6-7,9-10,12-13,15-16H,2,5,8,11,14,17-23H2,1H3/b4-3-,7-6-,10-9-,13-12-,16-15-. The average Bonchev–Trinajstić information content (AvgIpc) is 3.19. The van der Waals surface area contributed by atoms with Gasteiger partial charge >= 0.3 is 0 Å². The minimum atomic E-state index is 0.342. The summed E-state index contributed by atoms with van der Waals surface area (Å²) in [6, 6.07) is 0. The van der Waals surface area contributed by atoms with Crippen LogP contribution in [0.3, 0.4) is 0 Å².